The van der Waals surface area contributed by atoms with E-state index in [1.807, 2.05) is 6.07 Å². The lowest BCUT2D eigenvalue weighted by molar-refractivity contribution is 0.264. The van der Waals surface area contributed by atoms with Crippen molar-refractivity contribution in [1.82, 2.24) is 0 Å². The normalized spacial score (nSPS) is 22.9. The maximum Gasteiger partial charge on any atom is 0.0597 e. The Morgan fingerprint density at radius 3 is 2.65 bits per heavy atom. The van der Waals surface area contributed by atoms with Crippen molar-refractivity contribution in [2.45, 2.75) is 45.6 Å². The van der Waals surface area contributed by atoms with Crippen LogP contribution in [-0.4, -0.2) is 20.1 Å². The highest BCUT2D eigenvalue weighted by Gasteiger charge is 2.24. The standard InChI is InChI=1S/C17H27ClN2/c1-12(2)13-6-5-7-15(10-13)19-16-11-14(18)8-9-17(16)20(3)4/h8-9,11-13,15,19H,5-7,10H2,1-4H3. The number of halogens is 1. The van der Waals surface area contributed by atoms with Gasteiger partial charge >= 0.3 is 0 Å². The van der Waals surface area contributed by atoms with Gasteiger partial charge in [0.1, 0.15) is 0 Å². The van der Waals surface area contributed by atoms with Gasteiger partial charge in [-0.3, -0.25) is 0 Å². The maximum absolute atomic E-state index is 6.16. The summed E-state index contributed by atoms with van der Waals surface area (Å²) in [5.74, 6) is 1.63. The van der Waals surface area contributed by atoms with Crippen LogP contribution in [0.4, 0.5) is 11.4 Å². The first-order valence-corrected chi connectivity index (χ1v) is 8.08. The molecule has 0 aromatic heterocycles. The van der Waals surface area contributed by atoms with Gasteiger partial charge in [-0.1, -0.05) is 38.3 Å². The molecule has 1 aliphatic rings. The molecule has 0 radical (unpaired) electrons. The van der Waals surface area contributed by atoms with Gasteiger partial charge in [0.05, 0.1) is 11.4 Å². The number of nitrogens with zero attached hydrogens (tertiary/aromatic N) is 1. The molecule has 1 fully saturated rings. The highest BCUT2D eigenvalue weighted by molar-refractivity contribution is 6.31. The highest BCUT2D eigenvalue weighted by Crippen LogP contribution is 2.34. The number of benzene rings is 1. The van der Waals surface area contributed by atoms with Crippen molar-refractivity contribution in [3.63, 3.8) is 0 Å². The van der Waals surface area contributed by atoms with Crippen molar-refractivity contribution >= 4 is 23.0 Å². The average Bonchev–Trinajstić information content (AvgIpc) is 2.38. The molecule has 2 rings (SSSR count). The van der Waals surface area contributed by atoms with E-state index < -0.39 is 0 Å². The zero-order valence-electron chi connectivity index (χ0n) is 13.1. The predicted molar refractivity (Wildman–Crippen MR) is 90.0 cm³/mol. The monoisotopic (exact) mass is 294 g/mol. The van der Waals surface area contributed by atoms with Gasteiger partial charge in [-0.2, -0.15) is 0 Å². The van der Waals surface area contributed by atoms with Gasteiger partial charge in [0.2, 0.25) is 0 Å². The first-order valence-electron chi connectivity index (χ1n) is 7.70. The van der Waals surface area contributed by atoms with Crippen LogP contribution in [0.5, 0.6) is 0 Å². The molecular weight excluding hydrogens is 268 g/mol. The van der Waals surface area contributed by atoms with Crippen LogP contribution in [0, 0.1) is 11.8 Å². The minimum absolute atomic E-state index is 0.577. The molecule has 1 aromatic carbocycles. The van der Waals surface area contributed by atoms with Crippen molar-refractivity contribution in [3.05, 3.63) is 23.2 Å². The third kappa shape index (κ3) is 3.82. The molecule has 112 valence electrons. The van der Waals surface area contributed by atoms with Gasteiger partial charge in [-0.05, 0) is 42.9 Å². The van der Waals surface area contributed by atoms with E-state index in [0.29, 0.717) is 6.04 Å². The van der Waals surface area contributed by atoms with Gasteiger partial charge in [0.25, 0.3) is 0 Å². The molecule has 1 aliphatic carbocycles. The molecule has 0 aliphatic heterocycles. The summed E-state index contributed by atoms with van der Waals surface area (Å²) < 4.78 is 0. The van der Waals surface area contributed by atoms with E-state index in [4.69, 9.17) is 11.6 Å². The summed E-state index contributed by atoms with van der Waals surface area (Å²) in [7, 11) is 4.15. The van der Waals surface area contributed by atoms with E-state index >= 15 is 0 Å². The Labute approximate surface area is 128 Å². The van der Waals surface area contributed by atoms with Crippen LogP contribution in [0.3, 0.4) is 0 Å². The Morgan fingerprint density at radius 2 is 2.00 bits per heavy atom. The number of rotatable bonds is 4. The summed E-state index contributed by atoms with van der Waals surface area (Å²) in [6.07, 6.45) is 5.25. The minimum atomic E-state index is 0.577. The zero-order valence-corrected chi connectivity index (χ0v) is 13.9. The molecule has 1 aromatic rings. The molecule has 0 bridgehead atoms. The summed E-state index contributed by atoms with van der Waals surface area (Å²) in [5, 5.41) is 4.53. The Morgan fingerprint density at radius 1 is 1.25 bits per heavy atom. The fourth-order valence-electron chi connectivity index (χ4n) is 3.20. The van der Waals surface area contributed by atoms with E-state index in [1.54, 1.807) is 0 Å². The number of anilines is 2. The fourth-order valence-corrected chi connectivity index (χ4v) is 3.37. The van der Waals surface area contributed by atoms with E-state index in [2.05, 4.69) is 50.3 Å². The third-order valence-corrected chi connectivity index (χ3v) is 4.69. The van der Waals surface area contributed by atoms with E-state index in [1.165, 1.54) is 31.4 Å². The molecule has 2 unspecified atom stereocenters. The van der Waals surface area contributed by atoms with Gasteiger partial charge in [0, 0.05) is 25.2 Å². The van der Waals surface area contributed by atoms with E-state index in [9.17, 15) is 0 Å². The maximum atomic E-state index is 6.16. The highest BCUT2D eigenvalue weighted by atomic mass is 35.5. The molecule has 0 spiro atoms. The Bertz CT molecular complexity index is 443. The van der Waals surface area contributed by atoms with Gasteiger partial charge in [-0.15, -0.1) is 0 Å². The second-order valence-electron chi connectivity index (χ2n) is 6.57. The van der Waals surface area contributed by atoms with Gasteiger partial charge in [-0.25, -0.2) is 0 Å². The first-order chi connectivity index (χ1) is 9.47. The lowest BCUT2D eigenvalue weighted by atomic mass is 9.79. The van der Waals surface area contributed by atoms with Crippen LogP contribution in [0.25, 0.3) is 0 Å². The SMILES string of the molecule is CC(C)C1CCCC(Nc2cc(Cl)ccc2N(C)C)C1. The largest absolute Gasteiger partial charge is 0.381 e. The predicted octanol–water partition coefficient (Wildman–Crippen LogP) is 5.03. The van der Waals surface area contributed by atoms with Crippen LogP contribution in [0.2, 0.25) is 5.02 Å². The number of hydrogen-bond donors (Lipinski definition) is 1. The molecule has 2 nitrogen and oxygen atoms in total. The lowest BCUT2D eigenvalue weighted by Gasteiger charge is -2.33. The number of hydrogen-bond acceptors (Lipinski definition) is 2. The van der Waals surface area contributed by atoms with Crippen LogP contribution >= 0.6 is 11.6 Å². The summed E-state index contributed by atoms with van der Waals surface area (Å²) in [6.45, 7) is 4.69. The van der Waals surface area contributed by atoms with E-state index in [-0.39, 0.29) is 0 Å². The molecule has 0 amide bonds. The minimum Gasteiger partial charge on any atom is -0.381 e. The molecule has 0 heterocycles. The Kier molecular flexibility index (Phi) is 5.20. The van der Waals surface area contributed by atoms with Gasteiger partial charge in [0.15, 0.2) is 0 Å². The van der Waals surface area contributed by atoms with Crippen molar-refractivity contribution in [2.75, 3.05) is 24.3 Å². The van der Waals surface area contributed by atoms with Crippen molar-refractivity contribution in [3.8, 4) is 0 Å². The quantitative estimate of drug-likeness (QED) is 0.837. The Balaban J connectivity index is 2.11. The van der Waals surface area contributed by atoms with Crippen molar-refractivity contribution in [2.24, 2.45) is 11.8 Å². The number of nitrogens with one attached hydrogen (secondary N) is 1. The first kappa shape index (κ1) is 15.5. The summed E-state index contributed by atoms with van der Waals surface area (Å²) in [6, 6.07) is 6.68. The summed E-state index contributed by atoms with van der Waals surface area (Å²) in [4.78, 5) is 2.14. The molecule has 2 atom stereocenters. The Hall–Kier alpha value is -0.890. The molecule has 1 N–H and O–H groups in total. The second-order valence-corrected chi connectivity index (χ2v) is 7.00. The zero-order chi connectivity index (χ0) is 14.7. The summed E-state index contributed by atoms with van der Waals surface area (Å²) in [5.41, 5.74) is 2.37. The summed E-state index contributed by atoms with van der Waals surface area (Å²) >= 11 is 6.16. The molecular formula is C17H27ClN2. The fraction of sp³-hybridized carbons (Fsp3) is 0.647. The molecule has 1 saturated carbocycles. The van der Waals surface area contributed by atoms with Crippen LogP contribution in [0.1, 0.15) is 39.5 Å². The molecule has 0 saturated heterocycles. The van der Waals surface area contributed by atoms with Crippen molar-refractivity contribution < 1.29 is 0 Å². The van der Waals surface area contributed by atoms with Crippen LogP contribution in [-0.2, 0) is 0 Å². The van der Waals surface area contributed by atoms with Gasteiger partial charge < -0.3 is 10.2 Å². The molecule has 3 heteroatoms. The van der Waals surface area contributed by atoms with E-state index in [0.717, 1.165) is 22.5 Å². The average molecular weight is 295 g/mol. The third-order valence-electron chi connectivity index (χ3n) is 4.46. The molecule has 20 heavy (non-hydrogen) atoms. The van der Waals surface area contributed by atoms with Crippen molar-refractivity contribution in [1.29, 1.82) is 0 Å². The van der Waals surface area contributed by atoms with Crippen LogP contribution in [0.15, 0.2) is 18.2 Å². The second kappa shape index (κ2) is 6.71. The topological polar surface area (TPSA) is 15.3 Å². The van der Waals surface area contributed by atoms with Crippen LogP contribution < -0.4 is 10.2 Å². The smallest absolute Gasteiger partial charge is 0.0597 e. The lowest BCUT2D eigenvalue weighted by Crippen LogP contribution is -2.30.